The van der Waals surface area contributed by atoms with Crippen LogP contribution in [0.3, 0.4) is 0 Å². The van der Waals surface area contributed by atoms with Crippen molar-refractivity contribution in [3.05, 3.63) is 71.2 Å². The van der Waals surface area contributed by atoms with E-state index in [0.29, 0.717) is 10.6 Å². The van der Waals surface area contributed by atoms with Gasteiger partial charge in [0.05, 0.1) is 0 Å². The fourth-order valence-corrected chi connectivity index (χ4v) is 3.64. The van der Waals surface area contributed by atoms with Gasteiger partial charge in [-0.1, -0.05) is 35.9 Å². The summed E-state index contributed by atoms with van der Waals surface area (Å²) in [6.45, 7) is 2.23. The first-order chi connectivity index (χ1) is 12.2. The van der Waals surface area contributed by atoms with Crippen LogP contribution in [-0.2, 0) is 0 Å². The molecule has 1 N–H and O–H groups in total. The molecule has 0 bridgehead atoms. The van der Waals surface area contributed by atoms with Gasteiger partial charge in [0.25, 0.3) is 5.91 Å². The largest absolute Gasteiger partial charge is 0.372 e. The van der Waals surface area contributed by atoms with Gasteiger partial charge in [-0.3, -0.25) is 4.79 Å². The summed E-state index contributed by atoms with van der Waals surface area (Å²) in [6, 6.07) is 19.3. The molecule has 3 nitrogen and oxygen atoms in total. The SMILES string of the molecule is O=C(Nc1ccc(N2CCCC2)cc1)c1cccc2c(Cl)cccc12. The van der Waals surface area contributed by atoms with E-state index >= 15 is 0 Å². The summed E-state index contributed by atoms with van der Waals surface area (Å²) < 4.78 is 0. The van der Waals surface area contributed by atoms with E-state index in [1.165, 1.54) is 18.5 Å². The van der Waals surface area contributed by atoms with Crippen LogP contribution in [0.15, 0.2) is 60.7 Å². The number of benzene rings is 3. The third-order valence-corrected chi connectivity index (χ3v) is 5.04. The zero-order chi connectivity index (χ0) is 17.2. The number of carbonyl (C=O) groups excluding carboxylic acids is 1. The highest BCUT2D eigenvalue weighted by molar-refractivity contribution is 6.36. The van der Waals surface area contributed by atoms with Gasteiger partial charge in [-0.15, -0.1) is 0 Å². The average Bonchev–Trinajstić information content (AvgIpc) is 3.17. The van der Waals surface area contributed by atoms with Crippen LogP contribution in [0.25, 0.3) is 10.8 Å². The van der Waals surface area contributed by atoms with Crippen LogP contribution in [0.2, 0.25) is 5.02 Å². The van der Waals surface area contributed by atoms with E-state index in [-0.39, 0.29) is 5.91 Å². The summed E-state index contributed by atoms with van der Waals surface area (Å²) >= 11 is 6.24. The second-order valence-electron chi connectivity index (χ2n) is 6.34. The molecule has 4 rings (SSSR count). The highest BCUT2D eigenvalue weighted by atomic mass is 35.5. The molecule has 1 fully saturated rings. The minimum atomic E-state index is -0.123. The van der Waals surface area contributed by atoms with E-state index in [9.17, 15) is 4.79 Å². The van der Waals surface area contributed by atoms with Gasteiger partial charge in [0.15, 0.2) is 0 Å². The summed E-state index contributed by atoms with van der Waals surface area (Å²) in [5.41, 5.74) is 2.64. The second-order valence-corrected chi connectivity index (χ2v) is 6.74. The van der Waals surface area contributed by atoms with Crippen molar-refractivity contribution in [1.82, 2.24) is 0 Å². The third kappa shape index (κ3) is 3.20. The Morgan fingerprint density at radius 2 is 1.56 bits per heavy atom. The van der Waals surface area contributed by atoms with Gasteiger partial charge in [-0.05, 0) is 54.6 Å². The summed E-state index contributed by atoms with van der Waals surface area (Å²) in [7, 11) is 0. The summed E-state index contributed by atoms with van der Waals surface area (Å²) in [4.78, 5) is 15.1. The number of hydrogen-bond donors (Lipinski definition) is 1. The average molecular weight is 351 g/mol. The standard InChI is InChI=1S/C21H19ClN2O/c22-20-8-4-5-17-18(20)6-3-7-19(17)21(25)23-15-9-11-16(12-10-15)24-13-1-2-14-24/h3-12H,1-2,13-14H2,(H,23,25). The fraction of sp³-hybridized carbons (Fsp3) is 0.190. The number of halogens is 1. The van der Waals surface area contributed by atoms with E-state index in [1.807, 2.05) is 48.5 Å². The number of hydrogen-bond acceptors (Lipinski definition) is 2. The van der Waals surface area contributed by atoms with Gasteiger partial charge >= 0.3 is 0 Å². The van der Waals surface area contributed by atoms with Crippen molar-refractivity contribution in [2.75, 3.05) is 23.3 Å². The molecule has 0 saturated carbocycles. The Hall–Kier alpha value is -2.52. The number of amides is 1. The van der Waals surface area contributed by atoms with Crippen LogP contribution >= 0.6 is 11.6 Å². The van der Waals surface area contributed by atoms with Gasteiger partial charge < -0.3 is 10.2 Å². The maximum Gasteiger partial charge on any atom is 0.256 e. The summed E-state index contributed by atoms with van der Waals surface area (Å²) in [6.07, 6.45) is 2.50. The lowest BCUT2D eigenvalue weighted by Crippen LogP contribution is -2.17. The van der Waals surface area contributed by atoms with E-state index in [1.54, 1.807) is 0 Å². The van der Waals surface area contributed by atoms with Crippen molar-refractivity contribution in [3.63, 3.8) is 0 Å². The minimum Gasteiger partial charge on any atom is -0.372 e. The van der Waals surface area contributed by atoms with Gasteiger partial charge in [-0.25, -0.2) is 0 Å². The van der Waals surface area contributed by atoms with Crippen LogP contribution in [0, 0.1) is 0 Å². The molecule has 1 aliphatic rings. The predicted molar refractivity (Wildman–Crippen MR) is 105 cm³/mol. The quantitative estimate of drug-likeness (QED) is 0.691. The topological polar surface area (TPSA) is 32.3 Å². The van der Waals surface area contributed by atoms with Crippen LogP contribution in [-0.4, -0.2) is 19.0 Å². The molecule has 1 amide bonds. The highest BCUT2D eigenvalue weighted by Gasteiger charge is 2.14. The first-order valence-corrected chi connectivity index (χ1v) is 8.94. The predicted octanol–water partition coefficient (Wildman–Crippen LogP) is 5.35. The Kier molecular flexibility index (Phi) is 4.33. The number of fused-ring (bicyclic) bond motifs is 1. The number of carbonyl (C=O) groups is 1. The Labute approximate surface area is 152 Å². The molecule has 0 unspecified atom stereocenters. The van der Waals surface area contributed by atoms with E-state index in [4.69, 9.17) is 11.6 Å². The Morgan fingerprint density at radius 1 is 0.880 bits per heavy atom. The van der Waals surface area contributed by atoms with Crippen LogP contribution in [0.5, 0.6) is 0 Å². The van der Waals surface area contributed by atoms with Crippen molar-refractivity contribution >= 4 is 39.7 Å². The van der Waals surface area contributed by atoms with Gasteiger partial charge in [0, 0.05) is 40.4 Å². The number of rotatable bonds is 3. The van der Waals surface area contributed by atoms with E-state index in [2.05, 4.69) is 22.3 Å². The fourth-order valence-electron chi connectivity index (χ4n) is 3.40. The molecule has 0 radical (unpaired) electrons. The number of anilines is 2. The highest BCUT2D eigenvalue weighted by Crippen LogP contribution is 2.27. The lowest BCUT2D eigenvalue weighted by molar-refractivity contribution is 0.102. The molecule has 25 heavy (non-hydrogen) atoms. The third-order valence-electron chi connectivity index (χ3n) is 4.71. The van der Waals surface area contributed by atoms with Crippen molar-refractivity contribution in [1.29, 1.82) is 0 Å². The molecule has 0 aliphatic carbocycles. The molecule has 1 heterocycles. The Morgan fingerprint density at radius 3 is 2.32 bits per heavy atom. The number of nitrogens with one attached hydrogen (secondary N) is 1. The molecule has 0 spiro atoms. The van der Waals surface area contributed by atoms with E-state index in [0.717, 1.165) is 29.5 Å². The van der Waals surface area contributed by atoms with E-state index < -0.39 is 0 Å². The molecule has 4 heteroatoms. The Balaban J connectivity index is 1.57. The summed E-state index contributed by atoms with van der Waals surface area (Å²) in [5, 5.41) is 5.39. The minimum absolute atomic E-state index is 0.123. The zero-order valence-electron chi connectivity index (χ0n) is 13.8. The first kappa shape index (κ1) is 16.0. The maximum atomic E-state index is 12.7. The molecular formula is C21H19ClN2O. The molecule has 0 atom stereocenters. The molecule has 3 aromatic rings. The molecular weight excluding hydrogens is 332 g/mol. The lowest BCUT2D eigenvalue weighted by atomic mass is 10.0. The van der Waals surface area contributed by atoms with Crippen molar-refractivity contribution in [3.8, 4) is 0 Å². The molecule has 1 saturated heterocycles. The van der Waals surface area contributed by atoms with Gasteiger partial charge in [0.1, 0.15) is 0 Å². The van der Waals surface area contributed by atoms with Crippen LogP contribution in [0.4, 0.5) is 11.4 Å². The number of nitrogens with zero attached hydrogens (tertiary/aromatic N) is 1. The monoisotopic (exact) mass is 350 g/mol. The zero-order valence-corrected chi connectivity index (χ0v) is 14.6. The van der Waals surface area contributed by atoms with Gasteiger partial charge in [-0.2, -0.15) is 0 Å². The molecule has 126 valence electrons. The maximum absolute atomic E-state index is 12.7. The van der Waals surface area contributed by atoms with Gasteiger partial charge in [0.2, 0.25) is 0 Å². The smallest absolute Gasteiger partial charge is 0.256 e. The lowest BCUT2D eigenvalue weighted by Gasteiger charge is -2.18. The molecule has 1 aliphatic heterocycles. The Bertz CT molecular complexity index is 915. The second kappa shape index (κ2) is 6.77. The summed E-state index contributed by atoms with van der Waals surface area (Å²) in [5.74, 6) is -0.123. The van der Waals surface area contributed by atoms with Crippen molar-refractivity contribution in [2.24, 2.45) is 0 Å². The van der Waals surface area contributed by atoms with Crippen LogP contribution in [0.1, 0.15) is 23.2 Å². The van der Waals surface area contributed by atoms with Crippen LogP contribution < -0.4 is 10.2 Å². The molecule has 3 aromatic carbocycles. The first-order valence-electron chi connectivity index (χ1n) is 8.56. The normalized spacial score (nSPS) is 14.0. The van der Waals surface area contributed by atoms with Crippen molar-refractivity contribution in [2.45, 2.75) is 12.8 Å². The molecule has 0 aromatic heterocycles. The van der Waals surface area contributed by atoms with Crippen molar-refractivity contribution < 1.29 is 4.79 Å².